The Hall–Kier alpha value is -2.93. The van der Waals surface area contributed by atoms with Gasteiger partial charge in [-0.25, -0.2) is 9.97 Å². The maximum atomic E-state index is 13.3. The zero-order valence-corrected chi connectivity index (χ0v) is 23.2. The molecule has 1 aromatic heterocycles. The van der Waals surface area contributed by atoms with Gasteiger partial charge >= 0.3 is 6.18 Å². The van der Waals surface area contributed by atoms with Gasteiger partial charge in [0.1, 0.15) is 6.61 Å². The molecule has 39 heavy (non-hydrogen) atoms. The molecule has 0 bridgehead atoms. The van der Waals surface area contributed by atoms with E-state index in [-0.39, 0.29) is 12.4 Å². The molecule has 0 aliphatic heterocycles. The van der Waals surface area contributed by atoms with E-state index in [4.69, 9.17) is 9.47 Å². The lowest BCUT2D eigenvalue weighted by Gasteiger charge is -2.21. The van der Waals surface area contributed by atoms with Crippen molar-refractivity contribution in [1.29, 1.82) is 0 Å². The van der Waals surface area contributed by atoms with Crippen molar-refractivity contribution in [1.82, 2.24) is 9.97 Å². The fourth-order valence-electron chi connectivity index (χ4n) is 4.31. The Morgan fingerprint density at radius 3 is 1.85 bits per heavy atom. The molecule has 0 N–H and O–H groups in total. The molecule has 3 rings (SSSR count). The summed E-state index contributed by atoms with van der Waals surface area (Å²) in [4.78, 5) is 8.57. The molecular weight excluding hydrogens is 501 g/mol. The van der Waals surface area contributed by atoms with Crippen LogP contribution < -0.4 is 4.74 Å². The van der Waals surface area contributed by atoms with Crippen molar-refractivity contribution >= 4 is 0 Å². The normalized spacial score (nSPS) is 12.4. The van der Waals surface area contributed by atoms with Crippen LogP contribution >= 0.6 is 0 Å². The van der Waals surface area contributed by atoms with Gasteiger partial charge in [-0.05, 0) is 36.0 Å². The van der Waals surface area contributed by atoms with E-state index in [1.807, 2.05) is 31.2 Å². The lowest BCUT2D eigenvalue weighted by molar-refractivity contribution is -0.227. The lowest BCUT2D eigenvalue weighted by atomic mass is 10.00. The first-order chi connectivity index (χ1) is 18.9. The van der Waals surface area contributed by atoms with Crippen LogP contribution in [0.4, 0.5) is 13.2 Å². The zero-order chi connectivity index (χ0) is 27.9. The van der Waals surface area contributed by atoms with E-state index in [0.29, 0.717) is 12.2 Å². The van der Waals surface area contributed by atoms with Crippen LogP contribution in [0.1, 0.15) is 77.2 Å². The maximum absolute atomic E-state index is 13.3. The van der Waals surface area contributed by atoms with Gasteiger partial charge in [-0.1, -0.05) is 107 Å². The first kappa shape index (κ1) is 30.6. The van der Waals surface area contributed by atoms with Crippen molar-refractivity contribution in [3.05, 3.63) is 66.5 Å². The molecule has 0 saturated heterocycles. The molecule has 1 unspecified atom stereocenters. The van der Waals surface area contributed by atoms with Crippen LogP contribution in [-0.2, 0) is 11.2 Å². The summed E-state index contributed by atoms with van der Waals surface area (Å²) in [6.07, 6.45) is 7.55. The highest BCUT2D eigenvalue weighted by molar-refractivity contribution is 5.67. The number of aromatic nitrogens is 2. The monoisotopic (exact) mass is 542 g/mol. The fourth-order valence-corrected chi connectivity index (χ4v) is 4.31. The first-order valence-corrected chi connectivity index (χ1v) is 14.2. The molecule has 4 nitrogen and oxygen atoms in total. The van der Waals surface area contributed by atoms with Crippen molar-refractivity contribution in [2.24, 2.45) is 0 Å². The molecule has 0 fully saturated rings. The van der Waals surface area contributed by atoms with Gasteiger partial charge in [0.25, 0.3) is 0 Å². The largest absolute Gasteiger partial charge is 0.487 e. The van der Waals surface area contributed by atoms with Crippen LogP contribution in [-0.4, -0.2) is 35.5 Å². The van der Waals surface area contributed by atoms with Crippen LogP contribution in [0.5, 0.6) is 5.75 Å². The summed E-state index contributed by atoms with van der Waals surface area (Å²) in [6.45, 7) is 3.64. The average Bonchev–Trinajstić information content (AvgIpc) is 2.94. The van der Waals surface area contributed by atoms with Crippen molar-refractivity contribution in [3.8, 4) is 28.3 Å². The van der Waals surface area contributed by atoms with Gasteiger partial charge in [0.15, 0.2) is 17.7 Å². The van der Waals surface area contributed by atoms with Crippen LogP contribution in [0.25, 0.3) is 22.5 Å². The molecule has 0 spiro atoms. The number of benzene rings is 2. The quantitative estimate of drug-likeness (QED) is 0.160. The van der Waals surface area contributed by atoms with Crippen molar-refractivity contribution in [2.45, 2.75) is 90.3 Å². The molecule has 7 heteroatoms. The SMILES string of the molecule is CCCCCCCCc1ccc(-c2ccc(-c3ncc(OCC(OCCCCC)C(F)(F)F)cn3)cc2)cc1. The summed E-state index contributed by atoms with van der Waals surface area (Å²) in [7, 11) is 0. The summed E-state index contributed by atoms with van der Waals surface area (Å²) in [6, 6.07) is 16.7. The van der Waals surface area contributed by atoms with E-state index >= 15 is 0 Å². The highest BCUT2D eigenvalue weighted by Gasteiger charge is 2.41. The Kier molecular flexibility index (Phi) is 12.7. The number of unbranched alkanes of at least 4 members (excludes halogenated alkanes) is 7. The van der Waals surface area contributed by atoms with Crippen molar-refractivity contribution in [3.63, 3.8) is 0 Å². The smallest absolute Gasteiger partial charge is 0.417 e. The third-order valence-electron chi connectivity index (χ3n) is 6.71. The predicted molar refractivity (Wildman–Crippen MR) is 151 cm³/mol. The highest BCUT2D eigenvalue weighted by atomic mass is 19.4. The molecule has 1 heterocycles. The summed E-state index contributed by atoms with van der Waals surface area (Å²) in [5, 5.41) is 0. The third-order valence-corrected chi connectivity index (χ3v) is 6.71. The zero-order valence-electron chi connectivity index (χ0n) is 23.2. The summed E-state index contributed by atoms with van der Waals surface area (Å²) in [5.41, 5.74) is 4.43. The number of hydrogen-bond donors (Lipinski definition) is 0. The molecule has 1 atom stereocenters. The van der Waals surface area contributed by atoms with Crippen LogP contribution in [0.3, 0.4) is 0 Å². The van der Waals surface area contributed by atoms with Gasteiger partial charge in [0.05, 0.1) is 12.4 Å². The lowest BCUT2D eigenvalue weighted by Crippen LogP contribution is -2.37. The molecule has 0 amide bonds. The van der Waals surface area contributed by atoms with Gasteiger partial charge in [0, 0.05) is 12.2 Å². The van der Waals surface area contributed by atoms with E-state index in [0.717, 1.165) is 36.0 Å². The molecule has 0 aliphatic carbocycles. The summed E-state index contributed by atoms with van der Waals surface area (Å²) < 4.78 is 50.1. The molecule has 2 aromatic carbocycles. The minimum atomic E-state index is -4.50. The van der Waals surface area contributed by atoms with Crippen LogP contribution in [0.15, 0.2) is 60.9 Å². The standard InChI is InChI=1S/C32H41F3N2O2/c1-3-5-7-8-9-10-12-25-13-15-26(16-14-25)27-17-19-28(20-18-27)31-36-22-29(23-37-31)39-24-30(32(33,34)35)38-21-11-6-4-2/h13-20,22-23,30H,3-12,21,24H2,1-2H3. The van der Waals surface area contributed by atoms with Gasteiger partial charge in [0.2, 0.25) is 0 Å². The minimum Gasteiger partial charge on any atom is -0.487 e. The summed E-state index contributed by atoms with van der Waals surface area (Å²) >= 11 is 0. The number of rotatable bonds is 17. The third kappa shape index (κ3) is 10.6. The maximum Gasteiger partial charge on any atom is 0.417 e. The Morgan fingerprint density at radius 2 is 1.23 bits per heavy atom. The number of ether oxygens (including phenoxy) is 2. The number of halogens is 3. The number of aryl methyl sites for hydroxylation is 1. The van der Waals surface area contributed by atoms with E-state index in [1.165, 1.54) is 56.5 Å². The van der Waals surface area contributed by atoms with E-state index < -0.39 is 18.9 Å². The Labute approximate surface area is 231 Å². The minimum absolute atomic E-state index is 0.0517. The summed E-state index contributed by atoms with van der Waals surface area (Å²) in [5.74, 6) is 0.647. The Balaban J connectivity index is 1.51. The van der Waals surface area contributed by atoms with Crippen LogP contribution in [0, 0.1) is 0 Å². The second-order valence-electron chi connectivity index (χ2n) is 9.95. The van der Waals surface area contributed by atoms with Crippen molar-refractivity contribution in [2.75, 3.05) is 13.2 Å². The fraction of sp³-hybridized carbons (Fsp3) is 0.500. The Morgan fingerprint density at radius 1 is 0.692 bits per heavy atom. The van der Waals surface area contributed by atoms with Crippen molar-refractivity contribution < 1.29 is 22.6 Å². The van der Waals surface area contributed by atoms with Gasteiger partial charge in [-0.15, -0.1) is 0 Å². The Bertz CT molecular complexity index is 1070. The number of alkyl halides is 3. The molecule has 0 aliphatic rings. The van der Waals surface area contributed by atoms with E-state index in [2.05, 4.69) is 41.2 Å². The van der Waals surface area contributed by atoms with E-state index in [9.17, 15) is 13.2 Å². The highest BCUT2D eigenvalue weighted by Crippen LogP contribution is 2.26. The number of hydrogen-bond acceptors (Lipinski definition) is 4. The van der Waals surface area contributed by atoms with E-state index in [1.54, 1.807) is 0 Å². The molecule has 0 radical (unpaired) electrons. The molecule has 212 valence electrons. The second kappa shape index (κ2) is 16.2. The number of nitrogens with zero attached hydrogens (tertiary/aromatic N) is 2. The predicted octanol–water partition coefficient (Wildman–Crippen LogP) is 9.23. The molecular formula is C32H41F3N2O2. The molecule has 3 aromatic rings. The second-order valence-corrected chi connectivity index (χ2v) is 9.95. The topological polar surface area (TPSA) is 44.2 Å². The van der Waals surface area contributed by atoms with Gasteiger partial charge in [-0.3, -0.25) is 0 Å². The molecule has 0 saturated carbocycles. The first-order valence-electron chi connectivity index (χ1n) is 14.2. The van der Waals surface area contributed by atoms with Gasteiger partial charge in [-0.2, -0.15) is 13.2 Å². The average molecular weight is 543 g/mol. The van der Waals surface area contributed by atoms with Gasteiger partial charge < -0.3 is 9.47 Å². The van der Waals surface area contributed by atoms with Crippen LogP contribution in [0.2, 0.25) is 0 Å².